The molecule has 8 heteroatoms. The summed E-state index contributed by atoms with van der Waals surface area (Å²) in [5.41, 5.74) is 0.774. The second-order valence-electron chi connectivity index (χ2n) is 5.15. The molecule has 2 aromatic heterocycles. The van der Waals surface area contributed by atoms with Gasteiger partial charge in [-0.25, -0.2) is 9.97 Å². The number of halogens is 2. The van der Waals surface area contributed by atoms with Gasteiger partial charge in [0, 0.05) is 22.6 Å². The minimum Gasteiger partial charge on any atom is -0.411 e. The molecule has 1 aliphatic rings. The fraction of sp³-hybridized carbons (Fsp3) is 0.200. The molecular weight excluding hydrogens is 355 g/mol. The summed E-state index contributed by atoms with van der Waals surface area (Å²) in [6.07, 6.45) is 2.23. The molecule has 0 amide bonds. The Morgan fingerprint density at radius 3 is 2.74 bits per heavy atom. The zero-order valence-electron chi connectivity index (χ0n) is 11.7. The number of aromatic nitrogens is 4. The van der Waals surface area contributed by atoms with E-state index in [1.54, 1.807) is 18.2 Å². The largest absolute Gasteiger partial charge is 0.411 e. The Bertz CT molecular complexity index is 866. The van der Waals surface area contributed by atoms with Crippen molar-refractivity contribution in [3.05, 3.63) is 46.3 Å². The average molecular weight is 365 g/mol. The van der Waals surface area contributed by atoms with Gasteiger partial charge in [-0.05, 0) is 42.8 Å². The molecule has 116 valence electrons. The summed E-state index contributed by atoms with van der Waals surface area (Å²) in [5.74, 6) is 1.63. The molecule has 0 spiro atoms. The molecule has 3 aromatic rings. The SMILES string of the molecule is Clc1cccc(-c2nnc(Sc3cc(Cl)nc(C4CC4)n3)o2)c1. The van der Waals surface area contributed by atoms with E-state index in [1.165, 1.54) is 11.8 Å². The van der Waals surface area contributed by atoms with Gasteiger partial charge in [0.15, 0.2) is 0 Å². The van der Waals surface area contributed by atoms with Crippen LogP contribution in [0.1, 0.15) is 24.6 Å². The molecular formula is C15H10Cl2N4OS. The molecule has 2 heterocycles. The van der Waals surface area contributed by atoms with Gasteiger partial charge in [0.2, 0.25) is 5.89 Å². The summed E-state index contributed by atoms with van der Waals surface area (Å²) in [7, 11) is 0. The van der Waals surface area contributed by atoms with Crippen LogP contribution in [0.15, 0.2) is 45.0 Å². The van der Waals surface area contributed by atoms with Gasteiger partial charge in [0.05, 0.1) is 0 Å². The van der Waals surface area contributed by atoms with Crippen molar-refractivity contribution in [3.8, 4) is 11.5 Å². The molecule has 1 saturated carbocycles. The molecule has 1 fully saturated rings. The quantitative estimate of drug-likeness (QED) is 0.615. The molecule has 1 aromatic carbocycles. The minimum absolute atomic E-state index is 0.400. The zero-order chi connectivity index (χ0) is 15.8. The average Bonchev–Trinajstić information content (AvgIpc) is 3.27. The third kappa shape index (κ3) is 3.49. The van der Waals surface area contributed by atoms with Crippen molar-refractivity contribution < 1.29 is 4.42 Å². The van der Waals surface area contributed by atoms with Crippen molar-refractivity contribution in [2.45, 2.75) is 29.0 Å². The summed E-state index contributed by atoms with van der Waals surface area (Å²) in [4.78, 5) is 8.77. The Labute approximate surface area is 146 Å². The van der Waals surface area contributed by atoms with Gasteiger partial charge in [-0.2, -0.15) is 0 Å². The second kappa shape index (κ2) is 6.11. The molecule has 5 nitrogen and oxygen atoms in total. The van der Waals surface area contributed by atoms with Crippen LogP contribution >= 0.6 is 35.0 Å². The number of benzene rings is 1. The zero-order valence-corrected chi connectivity index (χ0v) is 14.1. The van der Waals surface area contributed by atoms with Gasteiger partial charge in [0.25, 0.3) is 5.22 Å². The van der Waals surface area contributed by atoms with E-state index in [2.05, 4.69) is 20.2 Å². The van der Waals surface area contributed by atoms with Crippen LogP contribution in [0.3, 0.4) is 0 Å². The normalized spacial score (nSPS) is 14.2. The van der Waals surface area contributed by atoms with Crippen molar-refractivity contribution >= 4 is 35.0 Å². The van der Waals surface area contributed by atoms with Gasteiger partial charge in [-0.1, -0.05) is 29.3 Å². The summed E-state index contributed by atoms with van der Waals surface area (Å²) in [6.45, 7) is 0. The minimum atomic E-state index is 0.400. The van der Waals surface area contributed by atoms with E-state index in [4.69, 9.17) is 27.6 Å². The van der Waals surface area contributed by atoms with Crippen molar-refractivity contribution in [1.29, 1.82) is 0 Å². The maximum Gasteiger partial charge on any atom is 0.283 e. The van der Waals surface area contributed by atoms with Gasteiger partial charge in [-0.3, -0.25) is 0 Å². The molecule has 4 rings (SSSR count). The first kappa shape index (κ1) is 14.9. The predicted octanol–water partition coefficient (Wildman–Crippen LogP) is 4.86. The maximum absolute atomic E-state index is 6.06. The van der Waals surface area contributed by atoms with E-state index in [9.17, 15) is 0 Å². The van der Waals surface area contributed by atoms with Crippen molar-refractivity contribution in [1.82, 2.24) is 20.2 Å². The van der Waals surface area contributed by atoms with Crippen LogP contribution < -0.4 is 0 Å². The van der Waals surface area contributed by atoms with E-state index in [1.807, 2.05) is 12.1 Å². The number of nitrogens with zero attached hydrogens (tertiary/aromatic N) is 4. The van der Waals surface area contributed by atoms with Crippen molar-refractivity contribution in [3.63, 3.8) is 0 Å². The highest BCUT2D eigenvalue weighted by Crippen LogP contribution is 2.39. The van der Waals surface area contributed by atoms with Crippen LogP contribution in [0.4, 0.5) is 0 Å². The summed E-state index contributed by atoms with van der Waals surface area (Å²) in [6, 6.07) is 8.96. The highest BCUT2D eigenvalue weighted by atomic mass is 35.5. The van der Waals surface area contributed by atoms with Crippen LogP contribution in [0.25, 0.3) is 11.5 Å². The van der Waals surface area contributed by atoms with E-state index < -0.39 is 0 Å². The molecule has 0 aliphatic heterocycles. The standard InChI is InChI=1S/C15H10Cl2N4OS/c16-10-3-1-2-9(6-10)14-20-21-15(22-14)23-12-7-11(17)18-13(19-12)8-4-5-8/h1-3,6-8H,4-5H2. The van der Waals surface area contributed by atoms with Gasteiger partial charge in [0.1, 0.15) is 16.0 Å². The summed E-state index contributed by atoms with van der Waals surface area (Å²) < 4.78 is 5.66. The fourth-order valence-electron chi connectivity index (χ4n) is 2.07. The molecule has 0 bridgehead atoms. The predicted molar refractivity (Wildman–Crippen MR) is 87.9 cm³/mol. The first-order valence-electron chi connectivity index (χ1n) is 6.99. The summed E-state index contributed by atoms with van der Waals surface area (Å²) in [5, 5.41) is 10.2. The fourth-order valence-corrected chi connectivity index (χ4v) is 3.20. The number of rotatable bonds is 4. The maximum atomic E-state index is 6.06. The Morgan fingerprint density at radius 2 is 1.96 bits per heavy atom. The second-order valence-corrected chi connectivity index (χ2v) is 6.94. The van der Waals surface area contributed by atoms with E-state index in [0.29, 0.717) is 32.2 Å². The molecule has 0 saturated heterocycles. The molecule has 23 heavy (non-hydrogen) atoms. The van der Waals surface area contributed by atoms with Crippen LogP contribution in [0, 0.1) is 0 Å². The third-order valence-corrected chi connectivity index (χ3v) is 4.49. The van der Waals surface area contributed by atoms with Gasteiger partial charge in [-0.15, -0.1) is 10.2 Å². The smallest absolute Gasteiger partial charge is 0.283 e. The lowest BCUT2D eigenvalue weighted by molar-refractivity contribution is 0.465. The topological polar surface area (TPSA) is 64.7 Å². The van der Waals surface area contributed by atoms with Gasteiger partial charge < -0.3 is 4.42 Å². The molecule has 0 N–H and O–H groups in total. The first-order valence-corrected chi connectivity index (χ1v) is 8.56. The van der Waals surface area contributed by atoms with Crippen LogP contribution in [0.5, 0.6) is 0 Å². The van der Waals surface area contributed by atoms with Crippen LogP contribution in [-0.2, 0) is 0 Å². The monoisotopic (exact) mass is 364 g/mol. The van der Waals surface area contributed by atoms with E-state index >= 15 is 0 Å². The molecule has 0 atom stereocenters. The Hall–Kier alpha value is -1.63. The Kier molecular flexibility index (Phi) is 3.97. The van der Waals surface area contributed by atoms with Crippen molar-refractivity contribution in [2.75, 3.05) is 0 Å². The Morgan fingerprint density at radius 1 is 1.09 bits per heavy atom. The molecule has 0 unspecified atom stereocenters. The lowest BCUT2D eigenvalue weighted by Crippen LogP contribution is -1.94. The highest BCUT2D eigenvalue weighted by molar-refractivity contribution is 7.99. The highest BCUT2D eigenvalue weighted by Gasteiger charge is 2.27. The number of hydrogen-bond acceptors (Lipinski definition) is 6. The number of hydrogen-bond donors (Lipinski definition) is 0. The molecule has 0 radical (unpaired) electrons. The van der Waals surface area contributed by atoms with E-state index in [-0.39, 0.29) is 0 Å². The lowest BCUT2D eigenvalue weighted by Gasteiger charge is -2.01. The summed E-state index contributed by atoms with van der Waals surface area (Å²) >= 11 is 13.3. The lowest BCUT2D eigenvalue weighted by atomic mass is 10.2. The van der Waals surface area contributed by atoms with E-state index in [0.717, 1.165) is 24.2 Å². The first-order chi connectivity index (χ1) is 11.2. The van der Waals surface area contributed by atoms with Crippen LogP contribution in [-0.4, -0.2) is 20.2 Å². The molecule has 1 aliphatic carbocycles. The van der Waals surface area contributed by atoms with Gasteiger partial charge >= 0.3 is 0 Å². The third-order valence-electron chi connectivity index (χ3n) is 3.30. The van der Waals surface area contributed by atoms with Crippen molar-refractivity contribution in [2.24, 2.45) is 0 Å². The van der Waals surface area contributed by atoms with Crippen LogP contribution in [0.2, 0.25) is 10.2 Å². The Balaban J connectivity index is 1.58.